The van der Waals surface area contributed by atoms with Crippen LogP contribution in [0.2, 0.25) is 0 Å². The highest BCUT2D eigenvalue weighted by Crippen LogP contribution is 2.17. The minimum atomic E-state index is -0.177. The summed E-state index contributed by atoms with van der Waals surface area (Å²) in [6.07, 6.45) is 4.10. The number of aryl methyl sites for hydroxylation is 1. The Morgan fingerprint density at radius 1 is 1.50 bits per heavy atom. The van der Waals surface area contributed by atoms with E-state index < -0.39 is 0 Å². The zero-order chi connectivity index (χ0) is 13.0. The molecular weight excluding hydrogens is 296 g/mol. The maximum Gasteiger partial charge on any atom is 0.256 e. The molecule has 18 heavy (non-hydrogen) atoms. The summed E-state index contributed by atoms with van der Waals surface area (Å²) in [4.78, 5) is 16.1. The van der Waals surface area contributed by atoms with Crippen LogP contribution in [0.3, 0.4) is 0 Å². The van der Waals surface area contributed by atoms with Crippen molar-refractivity contribution in [2.24, 2.45) is 0 Å². The topological polar surface area (TPSA) is 55.1 Å². The second-order valence-corrected chi connectivity index (χ2v) is 4.47. The SMILES string of the molecule is CCc1cccnc1CNC(=O)c1ccoc1Br. The van der Waals surface area contributed by atoms with E-state index in [2.05, 4.69) is 33.2 Å². The zero-order valence-electron chi connectivity index (χ0n) is 9.94. The average molecular weight is 309 g/mol. The molecule has 0 saturated heterocycles. The van der Waals surface area contributed by atoms with Crippen molar-refractivity contribution in [2.75, 3.05) is 0 Å². The van der Waals surface area contributed by atoms with Crippen LogP contribution in [0.15, 0.2) is 39.7 Å². The lowest BCUT2D eigenvalue weighted by atomic mass is 10.1. The first-order valence-corrected chi connectivity index (χ1v) is 6.45. The number of nitrogens with one attached hydrogen (secondary N) is 1. The smallest absolute Gasteiger partial charge is 0.256 e. The first-order chi connectivity index (χ1) is 8.72. The summed E-state index contributed by atoms with van der Waals surface area (Å²) in [6.45, 7) is 2.48. The Labute approximate surface area is 114 Å². The van der Waals surface area contributed by atoms with Crippen LogP contribution in [0.4, 0.5) is 0 Å². The van der Waals surface area contributed by atoms with Gasteiger partial charge in [-0.3, -0.25) is 9.78 Å². The molecule has 0 fully saturated rings. The monoisotopic (exact) mass is 308 g/mol. The molecule has 1 N–H and O–H groups in total. The van der Waals surface area contributed by atoms with Gasteiger partial charge in [-0.25, -0.2) is 0 Å². The van der Waals surface area contributed by atoms with Gasteiger partial charge in [0.25, 0.3) is 5.91 Å². The van der Waals surface area contributed by atoms with Crippen LogP contribution in [0.1, 0.15) is 28.5 Å². The van der Waals surface area contributed by atoms with Gasteiger partial charge in [0.05, 0.1) is 24.1 Å². The zero-order valence-corrected chi connectivity index (χ0v) is 11.5. The molecule has 1 amide bonds. The van der Waals surface area contributed by atoms with Crippen molar-refractivity contribution >= 4 is 21.8 Å². The third kappa shape index (κ3) is 2.79. The fraction of sp³-hybridized carbons (Fsp3) is 0.231. The summed E-state index contributed by atoms with van der Waals surface area (Å²) in [6, 6.07) is 5.54. The Bertz CT molecular complexity index is 551. The second kappa shape index (κ2) is 5.82. The summed E-state index contributed by atoms with van der Waals surface area (Å²) in [7, 11) is 0. The number of pyridine rings is 1. The first-order valence-electron chi connectivity index (χ1n) is 5.66. The van der Waals surface area contributed by atoms with Crippen molar-refractivity contribution in [2.45, 2.75) is 19.9 Å². The maximum atomic E-state index is 11.9. The fourth-order valence-electron chi connectivity index (χ4n) is 1.67. The molecule has 4 nitrogen and oxygen atoms in total. The van der Waals surface area contributed by atoms with Crippen molar-refractivity contribution in [3.63, 3.8) is 0 Å². The molecule has 0 radical (unpaired) electrons. The molecule has 0 aliphatic carbocycles. The number of amides is 1. The number of halogens is 1. The number of carbonyl (C=O) groups excluding carboxylic acids is 1. The lowest BCUT2D eigenvalue weighted by Gasteiger charge is -2.07. The van der Waals surface area contributed by atoms with Crippen LogP contribution < -0.4 is 5.32 Å². The van der Waals surface area contributed by atoms with Gasteiger partial charge in [0.2, 0.25) is 0 Å². The lowest BCUT2D eigenvalue weighted by Crippen LogP contribution is -2.23. The minimum Gasteiger partial charge on any atom is -0.457 e. The fourth-order valence-corrected chi connectivity index (χ4v) is 2.09. The van der Waals surface area contributed by atoms with E-state index in [9.17, 15) is 4.79 Å². The number of carbonyl (C=O) groups is 1. The molecule has 0 aliphatic heterocycles. The quantitative estimate of drug-likeness (QED) is 0.945. The molecule has 0 atom stereocenters. The molecule has 5 heteroatoms. The van der Waals surface area contributed by atoms with Crippen molar-refractivity contribution in [3.8, 4) is 0 Å². The predicted molar refractivity (Wildman–Crippen MR) is 71.2 cm³/mol. The van der Waals surface area contributed by atoms with Gasteiger partial charge in [0, 0.05) is 6.20 Å². The molecular formula is C13H13BrN2O2. The van der Waals surface area contributed by atoms with E-state index >= 15 is 0 Å². The maximum absolute atomic E-state index is 11.9. The molecule has 0 aromatic carbocycles. The molecule has 2 heterocycles. The van der Waals surface area contributed by atoms with E-state index in [0.717, 1.165) is 17.7 Å². The minimum absolute atomic E-state index is 0.177. The molecule has 2 aromatic heterocycles. The largest absolute Gasteiger partial charge is 0.457 e. The van der Waals surface area contributed by atoms with Gasteiger partial charge in [-0.2, -0.15) is 0 Å². The molecule has 0 unspecified atom stereocenters. The van der Waals surface area contributed by atoms with Crippen molar-refractivity contribution < 1.29 is 9.21 Å². The van der Waals surface area contributed by atoms with Crippen LogP contribution in [0.5, 0.6) is 0 Å². The Kier molecular flexibility index (Phi) is 4.15. The lowest BCUT2D eigenvalue weighted by molar-refractivity contribution is 0.0948. The Hall–Kier alpha value is -1.62. The summed E-state index contributed by atoms with van der Waals surface area (Å²) < 4.78 is 5.46. The highest BCUT2D eigenvalue weighted by molar-refractivity contribution is 9.10. The van der Waals surface area contributed by atoms with Crippen molar-refractivity contribution in [1.82, 2.24) is 10.3 Å². The van der Waals surface area contributed by atoms with E-state index in [4.69, 9.17) is 4.42 Å². The van der Waals surface area contributed by atoms with Gasteiger partial charge < -0.3 is 9.73 Å². The molecule has 0 aliphatic rings. The number of hydrogen-bond donors (Lipinski definition) is 1. The number of furan rings is 1. The van der Waals surface area contributed by atoms with Crippen molar-refractivity contribution in [3.05, 3.63) is 52.1 Å². The van der Waals surface area contributed by atoms with Crippen LogP contribution in [0.25, 0.3) is 0 Å². The van der Waals surface area contributed by atoms with Gasteiger partial charge in [0.1, 0.15) is 0 Å². The van der Waals surface area contributed by atoms with E-state index in [1.54, 1.807) is 12.3 Å². The van der Waals surface area contributed by atoms with Crippen LogP contribution in [-0.2, 0) is 13.0 Å². The standard InChI is InChI=1S/C13H13BrN2O2/c1-2-9-4-3-6-15-11(9)8-16-13(17)10-5-7-18-12(10)14/h3-7H,2,8H2,1H3,(H,16,17). The molecule has 2 rings (SSSR count). The predicted octanol–water partition coefficient (Wildman–Crippen LogP) is 2.93. The third-order valence-electron chi connectivity index (χ3n) is 2.64. The number of nitrogens with zero attached hydrogens (tertiary/aromatic N) is 1. The number of rotatable bonds is 4. The Morgan fingerprint density at radius 3 is 3.00 bits per heavy atom. The van der Waals surface area contributed by atoms with Gasteiger partial charge in [-0.05, 0) is 40.0 Å². The van der Waals surface area contributed by atoms with Crippen LogP contribution in [-0.4, -0.2) is 10.9 Å². The van der Waals surface area contributed by atoms with Gasteiger partial charge in [-0.15, -0.1) is 0 Å². The highest BCUT2D eigenvalue weighted by Gasteiger charge is 2.12. The Balaban J connectivity index is 2.04. The Morgan fingerprint density at radius 2 is 2.33 bits per heavy atom. The molecule has 2 aromatic rings. The van der Waals surface area contributed by atoms with E-state index in [-0.39, 0.29) is 5.91 Å². The molecule has 0 spiro atoms. The van der Waals surface area contributed by atoms with Crippen LogP contribution in [0, 0.1) is 0 Å². The highest BCUT2D eigenvalue weighted by atomic mass is 79.9. The summed E-state index contributed by atoms with van der Waals surface area (Å²) >= 11 is 3.18. The third-order valence-corrected chi connectivity index (χ3v) is 3.26. The second-order valence-electron chi connectivity index (χ2n) is 3.75. The van der Waals surface area contributed by atoms with E-state index in [1.807, 2.05) is 12.1 Å². The van der Waals surface area contributed by atoms with Gasteiger partial charge in [0.15, 0.2) is 4.67 Å². The molecule has 0 saturated carbocycles. The van der Waals surface area contributed by atoms with Gasteiger partial charge in [-0.1, -0.05) is 13.0 Å². The van der Waals surface area contributed by atoms with E-state index in [1.165, 1.54) is 6.26 Å². The van der Waals surface area contributed by atoms with E-state index in [0.29, 0.717) is 16.8 Å². The normalized spacial score (nSPS) is 10.3. The summed E-state index contributed by atoms with van der Waals surface area (Å²) in [5.41, 5.74) is 2.53. The number of aromatic nitrogens is 1. The first kappa shape index (κ1) is 12.8. The molecule has 0 bridgehead atoms. The van der Waals surface area contributed by atoms with Crippen molar-refractivity contribution in [1.29, 1.82) is 0 Å². The van der Waals surface area contributed by atoms with Crippen LogP contribution >= 0.6 is 15.9 Å². The molecule has 94 valence electrons. The summed E-state index contributed by atoms with van der Waals surface area (Å²) in [5.74, 6) is -0.177. The number of hydrogen-bond acceptors (Lipinski definition) is 3. The average Bonchev–Trinajstić information content (AvgIpc) is 2.82. The summed E-state index contributed by atoms with van der Waals surface area (Å²) in [5, 5.41) is 2.83. The van der Waals surface area contributed by atoms with Gasteiger partial charge >= 0.3 is 0 Å².